The summed E-state index contributed by atoms with van der Waals surface area (Å²) in [5, 5.41) is 0.649. The first-order chi connectivity index (χ1) is 10.6. The number of fused-ring (bicyclic) bond motifs is 2. The molecule has 0 fully saturated rings. The van der Waals surface area contributed by atoms with Gasteiger partial charge in [0.05, 0.1) is 0 Å². The Morgan fingerprint density at radius 1 is 1.23 bits per heavy atom. The molecule has 0 unspecified atom stereocenters. The Kier molecular flexibility index (Phi) is 2.79. The van der Waals surface area contributed by atoms with Crippen molar-refractivity contribution >= 4 is 22.6 Å². The molecule has 22 heavy (non-hydrogen) atoms. The molecule has 0 radical (unpaired) electrons. The molecule has 0 spiro atoms. The second kappa shape index (κ2) is 4.70. The van der Waals surface area contributed by atoms with Crippen LogP contribution in [0.4, 0.5) is 10.1 Å². The number of hydrogen-bond acceptors (Lipinski definition) is 2. The van der Waals surface area contributed by atoms with Gasteiger partial charge in [-0.1, -0.05) is 18.2 Å². The van der Waals surface area contributed by atoms with Crippen LogP contribution in [-0.4, -0.2) is 12.5 Å². The molecule has 0 atom stereocenters. The van der Waals surface area contributed by atoms with Crippen molar-refractivity contribution in [2.45, 2.75) is 13.3 Å². The van der Waals surface area contributed by atoms with Gasteiger partial charge >= 0.3 is 0 Å². The third kappa shape index (κ3) is 1.84. The first kappa shape index (κ1) is 13.1. The maximum atomic E-state index is 13.4. The lowest BCUT2D eigenvalue weighted by Gasteiger charge is -2.16. The Bertz CT molecular complexity index is 897. The molecule has 3 aromatic rings. The van der Waals surface area contributed by atoms with E-state index in [4.69, 9.17) is 4.42 Å². The first-order valence-electron chi connectivity index (χ1n) is 7.23. The number of carbonyl (C=O) groups is 1. The van der Waals surface area contributed by atoms with Crippen molar-refractivity contribution in [1.29, 1.82) is 0 Å². The van der Waals surface area contributed by atoms with E-state index in [1.54, 1.807) is 17.9 Å². The Morgan fingerprint density at radius 2 is 2.05 bits per heavy atom. The van der Waals surface area contributed by atoms with Crippen molar-refractivity contribution in [3.05, 3.63) is 65.2 Å². The fraction of sp³-hybridized carbons (Fsp3) is 0.167. The second-order valence-corrected chi connectivity index (χ2v) is 5.53. The molecule has 2 aromatic carbocycles. The van der Waals surface area contributed by atoms with E-state index in [1.807, 2.05) is 24.3 Å². The molecule has 3 nitrogen and oxygen atoms in total. The SMILES string of the molecule is Cc1c(C(=O)N2CCc3ccccc32)oc2ccc(F)cc12. The van der Waals surface area contributed by atoms with Crippen LogP contribution in [0.2, 0.25) is 0 Å². The molecule has 4 heteroatoms. The number of para-hydroxylation sites is 1. The highest BCUT2D eigenvalue weighted by Crippen LogP contribution is 2.32. The molecule has 0 N–H and O–H groups in total. The lowest BCUT2D eigenvalue weighted by atomic mass is 10.1. The van der Waals surface area contributed by atoms with Gasteiger partial charge in [0, 0.05) is 23.2 Å². The van der Waals surface area contributed by atoms with E-state index in [2.05, 4.69) is 0 Å². The van der Waals surface area contributed by atoms with E-state index >= 15 is 0 Å². The zero-order chi connectivity index (χ0) is 15.3. The summed E-state index contributed by atoms with van der Waals surface area (Å²) >= 11 is 0. The average molecular weight is 295 g/mol. The third-order valence-corrected chi connectivity index (χ3v) is 4.22. The van der Waals surface area contributed by atoms with Gasteiger partial charge < -0.3 is 9.32 Å². The molecule has 1 amide bonds. The van der Waals surface area contributed by atoms with Crippen LogP contribution in [0.15, 0.2) is 46.9 Å². The topological polar surface area (TPSA) is 33.5 Å². The van der Waals surface area contributed by atoms with Crippen molar-refractivity contribution in [3.63, 3.8) is 0 Å². The quantitative estimate of drug-likeness (QED) is 0.677. The van der Waals surface area contributed by atoms with Gasteiger partial charge in [0.15, 0.2) is 5.76 Å². The van der Waals surface area contributed by atoms with Crippen LogP contribution in [0.25, 0.3) is 11.0 Å². The highest BCUT2D eigenvalue weighted by Gasteiger charge is 2.29. The monoisotopic (exact) mass is 295 g/mol. The van der Waals surface area contributed by atoms with Crippen LogP contribution >= 0.6 is 0 Å². The Labute approximate surface area is 127 Å². The van der Waals surface area contributed by atoms with Crippen LogP contribution in [0.1, 0.15) is 21.7 Å². The van der Waals surface area contributed by atoms with Gasteiger partial charge in [0.1, 0.15) is 11.4 Å². The maximum Gasteiger partial charge on any atom is 0.294 e. The minimum absolute atomic E-state index is 0.168. The summed E-state index contributed by atoms with van der Waals surface area (Å²) in [5.74, 6) is -0.210. The fourth-order valence-corrected chi connectivity index (χ4v) is 3.07. The fourth-order valence-electron chi connectivity index (χ4n) is 3.07. The molecule has 1 aliphatic rings. The first-order valence-corrected chi connectivity index (χ1v) is 7.23. The minimum Gasteiger partial charge on any atom is -0.451 e. The van der Waals surface area contributed by atoms with E-state index in [0.717, 1.165) is 17.7 Å². The maximum absolute atomic E-state index is 13.4. The minimum atomic E-state index is -0.332. The summed E-state index contributed by atoms with van der Waals surface area (Å²) in [6.45, 7) is 2.43. The smallest absolute Gasteiger partial charge is 0.294 e. The molecule has 110 valence electrons. The summed E-state index contributed by atoms with van der Waals surface area (Å²) in [6.07, 6.45) is 0.843. The predicted molar refractivity (Wildman–Crippen MR) is 82.7 cm³/mol. The Balaban J connectivity index is 1.80. The van der Waals surface area contributed by atoms with Crippen molar-refractivity contribution in [2.75, 3.05) is 11.4 Å². The van der Waals surface area contributed by atoms with Gasteiger partial charge in [-0.25, -0.2) is 4.39 Å². The second-order valence-electron chi connectivity index (χ2n) is 5.53. The molecule has 0 bridgehead atoms. The zero-order valence-corrected chi connectivity index (χ0v) is 12.1. The molecular formula is C18H14FNO2. The summed E-state index contributed by atoms with van der Waals surface area (Å²) < 4.78 is 19.1. The molecule has 2 heterocycles. The number of furan rings is 1. The summed E-state index contributed by atoms with van der Waals surface area (Å²) in [7, 11) is 0. The number of halogens is 1. The predicted octanol–water partition coefficient (Wildman–Crippen LogP) is 4.08. The van der Waals surface area contributed by atoms with Crippen molar-refractivity contribution in [2.24, 2.45) is 0 Å². The highest BCUT2D eigenvalue weighted by atomic mass is 19.1. The molecule has 1 aliphatic heterocycles. The normalized spacial score (nSPS) is 13.6. The van der Waals surface area contributed by atoms with Crippen LogP contribution in [0, 0.1) is 12.7 Å². The molecule has 1 aromatic heterocycles. The largest absolute Gasteiger partial charge is 0.451 e. The van der Waals surface area contributed by atoms with E-state index < -0.39 is 0 Å². The number of nitrogens with zero attached hydrogens (tertiary/aromatic N) is 1. The van der Waals surface area contributed by atoms with Crippen LogP contribution in [0.3, 0.4) is 0 Å². The van der Waals surface area contributed by atoms with Crippen LogP contribution in [0.5, 0.6) is 0 Å². The van der Waals surface area contributed by atoms with Gasteiger partial charge in [0.2, 0.25) is 0 Å². The standard InChI is InChI=1S/C18H14FNO2/c1-11-14-10-13(19)6-7-16(14)22-17(11)18(21)20-9-8-12-4-2-3-5-15(12)20/h2-7,10H,8-9H2,1H3. The molecular weight excluding hydrogens is 281 g/mol. The third-order valence-electron chi connectivity index (χ3n) is 4.22. The summed E-state index contributed by atoms with van der Waals surface area (Å²) in [6, 6.07) is 12.2. The molecule has 0 saturated carbocycles. The van der Waals surface area contributed by atoms with Crippen LogP contribution < -0.4 is 4.90 Å². The van der Waals surface area contributed by atoms with Gasteiger partial charge in [-0.2, -0.15) is 0 Å². The van der Waals surface area contributed by atoms with E-state index in [-0.39, 0.29) is 17.5 Å². The number of anilines is 1. The summed E-state index contributed by atoms with van der Waals surface area (Å²) in [4.78, 5) is 14.6. The lowest BCUT2D eigenvalue weighted by Crippen LogP contribution is -2.29. The van der Waals surface area contributed by atoms with Gasteiger partial charge in [-0.3, -0.25) is 4.79 Å². The Hall–Kier alpha value is -2.62. The number of amides is 1. The number of rotatable bonds is 1. The number of hydrogen-bond donors (Lipinski definition) is 0. The zero-order valence-electron chi connectivity index (χ0n) is 12.1. The van der Waals surface area contributed by atoms with Gasteiger partial charge in [-0.15, -0.1) is 0 Å². The van der Waals surface area contributed by atoms with E-state index in [0.29, 0.717) is 23.1 Å². The van der Waals surface area contributed by atoms with Crippen molar-refractivity contribution in [1.82, 2.24) is 0 Å². The molecule has 0 aliphatic carbocycles. The number of carbonyl (C=O) groups excluding carboxylic acids is 1. The van der Waals surface area contributed by atoms with Crippen LogP contribution in [-0.2, 0) is 6.42 Å². The highest BCUT2D eigenvalue weighted by molar-refractivity contribution is 6.08. The van der Waals surface area contributed by atoms with E-state index in [1.165, 1.54) is 12.1 Å². The number of benzene rings is 2. The molecule has 4 rings (SSSR count). The summed E-state index contributed by atoms with van der Waals surface area (Å²) in [5.41, 5.74) is 3.31. The molecule has 0 saturated heterocycles. The average Bonchev–Trinajstić information content (AvgIpc) is 3.09. The Morgan fingerprint density at radius 3 is 2.91 bits per heavy atom. The van der Waals surface area contributed by atoms with Gasteiger partial charge in [0.25, 0.3) is 5.91 Å². The lowest BCUT2D eigenvalue weighted by molar-refractivity contribution is 0.0964. The van der Waals surface area contributed by atoms with E-state index in [9.17, 15) is 9.18 Å². The van der Waals surface area contributed by atoms with Crippen molar-refractivity contribution < 1.29 is 13.6 Å². The van der Waals surface area contributed by atoms with Gasteiger partial charge in [-0.05, 0) is 43.2 Å². The van der Waals surface area contributed by atoms with Crippen molar-refractivity contribution in [3.8, 4) is 0 Å². The number of aryl methyl sites for hydroxylation is 1.